The monoisotopic (exact) mass is 302 g/mol. The van der Waals surface area contributed by atoms with Crippen LogP contribution in [0.2, 0.25) is 0 Å². The van der Waals surface area contributed by atoms with Crippen molar-refractivity contribution in [2.45, 2.75) is 0 Å². The zero-order valence-electron chi connectivity index (χ0n) is 12.0. The van der Waals surface area contributed by atoms with E-state index in [0.29, 0.717) is 11.3 Å². The molecule has 0 radical (unpaired) electrons. The third kappa shape index (κ3) is 3.32. The summed E-state index contributed by atoms with van der Waals surface area (Å²) in [7, 11) is 2.86. The maximum absolute atomic E-state index is 12.0. The molecule has 2 amide bonds. The van der Waals surface area contributed by atoms with E-state index in [9.17, 15) is 14.4 Å². The van der Waals surface area contributed by atoms with Crippen molar-refractivity contribution in [2.75, 3.05) is 19.5 Å². The maximum atomic E-state index is 12.0. The minimum Gasteiger partial charge on any atom is -0.490 e. The highest BCUT2D eigenvalue weighted by Crippen LogP contribution is 2.12. The van der Waals surface area contributed by atoms with Gasteiger partial charge in [0, 0.05) is 24.4 Å². The highest BCUT2D eigenvalue weighted by molar-refractivity contribution is 6.02. The molecule has 1 heterocycles. The first kappa shape index (κ1) is 15.3. The van der Waals surface area contributed by atoms with E-state index in [1.54, 1.807) is 24.3 Å². The van der Waals surface area contributed by atoms with Crippen LogP contribution in [0.15, 0.2) is 45.8 Å². The van der Waals surface area contributed by atoms with E-state index in [1.165, 1.54) is 14.2 Å². The molecule has 0 bridgehead atoms. The van der Waals surface area contributed by atoms with E-state index in [1.807, 2.05) is 0 Å². The first-order valence-electron chi connectivity index (χ1n) is 6.35. The van der Waals surface area contributed by atoms with E-state index in [2.05, 4.69) is 10.6 Å². The molecule has 7 nitrogen and oxygen atoms in total. The van der Waals surface area contributed by atoms with Gasteiger partial charge in [-0.15, -0.1) is 0 Å². The SMILES string of the molecule is CNC(=O)c1ccc(NC(=O)c2cc(=O)c(OC)co2)cc1. The molecule has 7 heteroatoms. The maximum Gasteiger partial charge on any atom is 0.291 e. The number of carbonyl (C=O) groups excluding carboxylic acids is 2. The molecular weight excluding hydrogens is 288 g/mol. The van der Waals surface area contributed by atoms with E-state index in [-0.39, 0.29) is 17.4 Å². The van der Waals surface area contributed by atoms with E-state index in [4.69, 9.17) is 9.15 Å². The van der Waals surface area contributed by atoms with Crippen molar-refractivity contribution in [3.05, 3.63) is 58.1 Å². The average molecular weight is 302 g/mol. The molecule has 0 atom stereocenters. The second kappa shape index (κ2) is 6.57. The van der Waals surface area contributed by atoms with E-state index in [0.717, 1.165) is 12.3 Å². The molecule has 22 heavy (non-hydrogen) atoms. The van der Waals surface area contributed by atoms with Gasteiger partial charge in [-0.25, -0.2) is 0 Å². The lowest BCUT2D eigenvalue weighted by atomic mass is 10.2. The lowest BCUT2D eigenvalue weighted by molar-refractivity contribution is 0.0962. The molecule has 0 aliphatic carbocycles. The summed E-state index contributed by atoms with van der Waals surface area (Å²) >= 11 is 0. The molecule has 1 aromatic carbocycles. The van der Waals surface area contributed by atoms with Gasteiger partial charge in [0.15, 0.2) is 5.76 Å². The number of carbonyl (C=O) groups is 2. The molecule has 0 spiro atoms. The minimum absolute atomic E-state index is 0.0199. The summed E-state index contributed by atoms with van der Waals surface area (Å²) in [6.07, 6.45) is 1.08. The minimum atomic E-state index is -0.576. The lowest BCUT2D eigenvalue weighted by Gasteiger charge is -2.06. The number of hydrogen-bond acceptors (Lipinski definition) is 5. The van der Waals surface area contributed by atoms with Crippen LogP contribution in [-0.4, -0.2) is 26.0 Å². The molecule has 0 fully saturated rings. The highest BCUT2D eigenvalue weighted by atomic mass is 16.5. The van der Waals surface area contributed by atoms with Gasteiger partial charge in [-0.2, -0.15) is 0 Å². The van der Waals surface area contributed by atoms with Crippen LogP contribution in [0.25, 0.3) is 0 Å². The number of benzene rings is 1. The van der Waals surface area contributed by atoms with Crippen molar-refractivity contribution >= 4 is 17.5 Å². The third-order valence-corrected chi connectivity index (χ3v) is 2.87. The fourth-order valence-corrected chi connectivity index (χ4v) is 1.71. The van der Waals surface area contributed by atoms with Gasteiger partial charge in [0.25, 0.3) is 11.8 Å². The highest BCUT2D eigenvalue weighted by Gasteiger charge is 2.12. The topological polar surface area (TPSA) is 97.6 Å². The Labute approximate surface area is 125 Å². The van der Waals surface area contributed by atoms with E-state index >= 15 is 0 Å². The second-order valence-electron chi connectivity index (χ2n) is 4.29. The van der Waals surface area contributed by atoms with Crippen LogP contribution in [0.3, 0.4) is 0 Å². The third-order valence-electron chi connectivity index (χ3n) is 2.87. The summed E-state index contributed by atoms with van der Waals surface area (Å²) in [5.41, 5.74) is 0.487. The van der Waals surface area contributed by atoms with Gasteiger partial charge in [-0.1, -0.05) is 0 Å². The summed E-state index contributed by atoms with van der Waals surface area (Å²) in [6.45, 7) is 0. The normalized spacial score (nSPS) is 9.91. The first-order chi connectivity index (χ1) is 10.5. The van der Waals surface area contributed by atoms with Crippen molar-refractivity contribution in [3.63, 3.8) is 0 Å². The van der Waals surface area contributed by atoms with Gasteiger partial charge >= 0.3 is 0 Å². The van der Waals surface area contributed by atoms with E-state index < -0.39 is 11.3 Å². The quantitative estimate of drug-likeness (QED) is 0.886. The standard InChI is InChI=1S/C15H14N2O5/c1-16-14(19)9-3-5-10(6-4-9)17-15(20)12-7-11(18)13(21-2)8-22-12/h3-8H,1-2H3,(H,16,19)(H,17,20). The molecule has 1 aromatic heterocycles. The van der Waals surface area contributed by atoms with Crippen LogP contribution in [0, 0.1) is 0 Å². The Kier molecular flexibility index (Phi) is 4.57. The van der Waals surface area contributed by atoms with Crippen LogP contribution in [0.5, 0.6) is 5.75 Å². The zero-order chi connectivity index (χ0) is 16.1. The van der Waals surface area contributed by atoms with Crippen LogP contribution in [0.1, 0.15) is 20.9 Å². The second-order valence-corrected chi connectivity index (χ2v) is 4.29. The van der Waals surface area contributed by atoms with Gasteiger partial charge in [0.2, 0.25) is 11.2 Å². The number of nitrogens with one attached hydrogen (secondary N) is 2. The van der Waals surface area contributed by atoms with Crippen LogP contribution >= 0.6 is 0 Å². The molecule has 0 saturated heterocycles. The average Bonchev–Trinajstić information content (AvgIpc) is 2.54. The van der Waals surface area contributed by atoms with Crippen LogP contribution in [0.4, 0.5) is 5.69 Å². The summed E-state index contributed by atoms with van der Waals surface area (Å²) in [5, 5.41) is 5.06. The summed E-state index contributed by atoms with van der Waals surface area (Å²) in [5.74, 6) is -0.917. The Morgan fingerprint density at radius 3 is 2.36 bits per heavy atom. The number of amides is 2. The van der Waals surface area contributed by atoms with Crippen LogP contribution in [-0.2, 0) is 0 Å². The largest absolute Gasteiger partial charge is 0.490 e. The number of ether oxygens (including phenoxy) is 1. The van der Waals surface area contributed by atoms with Crippen molar-refractivity contribution in [1.82, 2.24) is 5.32 Å². The van der Waals surface area contributed by atoms with Crippen LogP contribution < -0.4 is 20.8 Å². The number of rotatable bonds is 4. The predicted octanol–water partition coefficient (Wildman–Crippen LogP) is 1.26. The molecule has 0 aliphatic rings. The molecule has 0 saturated carbocycles. The fourth-order valence-electron chi connectivity index (χ4n) is 1.71. The predicted molar refractivity (Wildman–Crippen MR) is 79.3 cm³/mol. The summed E-state index contributed by atoms with van der Waals surface area (Å²) in [4.78, 5) is 35.0. The molecule has 2 N–H and O–H groups in total. The molecule has 0 aliphatic heterocycles. The molecule has 114 valence electrons. The van der Waals surface area contributed by atoms with Crippen molar-refractivity contribution in [3.8, 4) is 5.75 Å². The number of hydrogen-bond donors (Lipinski definition) is 2. The van der Waals surface area contributed by atoms with Gasteiger partial charge < -0.3 is 19.8 Å². The Bertz CT molecular complexity index is 749. The Hall–Kier alpha value is -3.09. The molecule has 2 rings (SSSR count). The van der Waals surface area contributed by atoms with Gasteiger partial charge in [-0.05, 0) is 24.3 Å². The molecule has 0 unspecified atom stereocenters. The lowest BCUT2D eigenvalue weighted by Crippen LogP contribution is -2.18. The number of anilines is 1. The molecule has 2 aromatic rings. The Morgan fingerprint density at radius 2 is 1.82 bits per heavy atom. The molecular formula is C15H14N2O5. The van der Waals surface area contributed by atoms with Crippen molar-refractivity contribution < 1.29 is 18.7 Å². The summed E-state index contributed by atoms with van der Waals surface area (Å²) < 4.78 is 9.81. The van der Waals surface area contributed by atoms with Crippen molar-refractivity contribution in [1.29, 1.82) is 0 Å². The summed E-state index contributed by atoms with van der Waals surface area (Å²) in [6, 6.07) is 7.33. The van der Waals surface area contributed by atoms with Crippen molar-refractivity contribution in [2.24, 2.45) is 0 Å². The zero-order valence-corrected chi connectivity index (χ0v) is 12.0. The Morgan fingerprint density at radius 1 is 1.14 bits per heavy atom. The smallest absolute Gasteiger partial charge is 0.291 e. The fraction of sp³-hybridized carbons (Fsp3) is 0.133. The van der Waals surface area contributed by atoms with Gasteiger partial charge in [-0.3, -0.25) is 14.4 Å². The Balaban J connectivity index is 2.13. The first-order valence-corrected chi connectivity index (χ1v) is 6.35. The number of methoxy groups -OCH3 is 1. The van der Waals surface area contributed by atoms with Gasteiger partial charge in [0.1, 0.15) is 6.26 Å². The van der Waals surface area contributed by atoms with Gasteiger partial charge in [0.05, 0.1) is 7.11 Å².